The van der Waals surface area contributed by atoms with Gasteiger partial charge in [-0.2, -0.15) is 10.4 Å². The van der Waals surface area contributed by atoms with E-state index in [1.54, 1.807) is 0 Å². The Morgan fingerprint density at radius 1 is 1.29 bits per heavy atom. The summed E-state index contributed by atoms with van der Waals surface area (Å²) in [4.78, 5) is 0. The summed E-state index contributed by atoms with van der Waals surface area (Å²) in [5.41, 5.74) is 3.27. The number of rotatable bonds is 1. The van der Waals surface area contributed by atoms with Crippen LogP contribution < -0.4 is 0 Å². The van der Waals surface area contributed by atoms with E-state index < -0.39 is 0 Å². The number of hydrogen-bond donors (Lipinski definition) is 0. The summed E-state index contributed by atoms with van der Waals surface area (Å²) >= 11 is 0. The van der Waals surface area contributed by atoms with Crippen molar-refractivity contribution in [2.45, 2.75) is 44.6 Å². The van der Waals surface area contributed by atoms with E-state index in [2.05, 4.69) is 11.2 Å². The molecule has 0 bridgehead atoms. The number of nitrogens with zero attached hydrogens (tertiary/aromatic N) is 3. The maximum Gasteiger partial charge on any atom is 0.142 e. The van der Waals surface area contributed by atoms with Crippen molar-refractivity contribution in [1.29, 1.82) is 5.26 Å². The summed E-state index contributed by atoms with van der Waals surface area (Å²) in [7, 11) is 0. The first kappa shape index (κ1) is 8.05. The van der Waals surface area contributed by atoms with Gasteiger partial charge in [0.25, 0.3) is 0 Å². The second-order valence-electron chi connectivity index (χ2n) is 4.27. The first-order valence-corrected chi connectivity index (χ1v) is 5.40. The van der Waals surface area contributed by atoms with Gasteiger partial charge in [-0.25, -0.2) is 0 Å². The topological polar surface area (TPSA) is 41.6 Å². The Morgan fingerprint density at radius 3 is 2.79 bits per heavy atom. The molecule has 3 nitrogen and oxygen atoms in total. The Morgan fingerprint density at radius 2 is 2.14 bits per heavy atom. The van der Waals surface area contributed by atoms with Crippen LogP contribution in [0.4, 0.5) is 0 Å². The van der Waals surface area contributed by atoms with Gasteiger partial charge in [-0.15, -0.1) is 0 Å². The molecule has 0 saturated heterocycles. The number of nitriles is 1. The molecule has 2 aliphatic rings. The molecule has 1 fully saturated rings. The zero-order valence-corrected chi connectivity index (χ0v) is 8.16. The van der Waals surface area contributed by atoms with Crippen LogP contribution in [0.15, 0.2) is 0 Å². The number of aromatic nitrogens is 2. The zero-order chi connectivity index (χ0) is 9.54. The Balaban J connectivity index is 2.08. The SMILES string of the molecule is N#Cc1c2c(nn1C1CCC1)CCC2. The molecule has 2 aliphatic carbocycles. The largest absolute Gasteiger partial charge is 0.251 e. The van der Waals surface area contributed by atoms with Crippen molar-refractivity contribution < 1.29 is 0 Å². The number of fused-ring (bicyclic) bond motifs is 1. The molecule has 0 N–H and O–H groups in total. The first-order chi connectivity index (χ1) is 6.90. The molecule has 1 heterocycles. The number of hydrogen-bond acceptors (Lipinski definition) is 2. The number of aryl methyl sites for hydroxylation is 1. The Kier molecular flexibility index (Phi) is 1.63. The molecule has 0 unspecified atom stereocenters. The van der Waals surface area contributed by atoms with Gasteiger partial charge < -0.3 is 0 Å². The van der Waals surface area contributed by atoms with E-state index in [1.807, 2.05) is 4.68 Å². The van der Waals surface area contributed by atoms with Gasteiger partial charge in [-0.1, -0.05) is 0 Å². The van der Waals surface area contributed by atoms with Crippen molar-refractivity contribution in [1.82, 2.24) is 9.78 Å². The third-order valence-electron chi connectivity index (χ3n) is 3.46. The minimum absolute atomic E-state index is 0.523. The van der Waals surface area contributed by atoms with Crippen LogP contribution in [0.3, 0.4) is 0 Å². The third-order valence-corrected chi connectivity index (χ3v) is 3.46. The summed E-state index contributed by atoms with van der Waals surface area (Å²) in [6, 6.07) is 2.85. The van der Waals surface area contributed by atoms with E-state index in [4.69, 9.17) is 5.26 Å². The summed E-state index contributed by atoms with van der Waals surface area (Å²) in [5, 5.41) is 13.7. The highest BCUT2D eigenvalue weighted by Gasteiger charge is 2.28. The van der Waals surface area contributed by atoms with E-state index in [1.165, 1.54) is 36.9 Å². The fourth-order valence-electron chi connectivity index (χ4n) is 2.43. The van der Waals surface area contributed by atoms with E-state index >= 15 is 0 Å². The molecule has 0 aliphatic heterocycles. The molecular formula is C11H13N3. The maximum atomic E-state index is 9.13. The predicted octanol–water partition coefficient (Wildman–Crippen LogP) is 1.97. The smallest absolute Gasteiger partial charge is 0.142 e. The lowest BCUT2D eigenvalue weighted by atomic mass is 9.93. The second-order valence-corrected chi connectivity index (χ2v) is 4.27. The van der Waals surface area contributed by atoms with E-state index in [9.17, 15) is 0 Å². The molecule has 0 amide bonds. The van der Waals surface area contributed by atoms with Gasteiger partial charge >= 0.3 is 0 Å². The van der Waals surface area contributed by atoms with Crippen LogP contribution in [0.2, 0.25) is 0 Å². The Hall–Kier alpha value is -1.30. The average molecular weight is 187 g/mol. The predicted molar refractivity (Wildman–Crippen MR) is 51.9 cm³/mol. The maximum absolute atomic E-state index is 9.13. The van der Waals surface area contributed by atoms with Gasteiger partial charge in [-0.05, 0) is 38.5 Å². The average Bonchev–Trinajstić information content (AvgIpc) is 2.60. The second kappa shape index (κ2) is 2.84. The van der Waals surface area contributed by atoms with E-state index in [0.29, 0.717) is 6.04 Å². The molecule has 0 atom stereocenters. The Bertz CT molecular complexity index is 407. The molecule has 0 spiro atoms. The molecule has 3 heteroatoms. The normalized spacial score (nSPS) is 20.2. The quantitative estimate of drug-likeness (QED) is 0.674. The summed E-state index contributed by atoms with van der Waals surface area (Å²) < 4.78 is 1.99. The van der Waals surface area contributed by atoms with Crippen LogP contribution in [0.25, 0.3) is 0 Å². The Labute approximate surface area is 83.3 Å². The van der Waals surface area contributed by atoms with Gasteiger partial charge in [0.2, 0.25) is 0 Å². The van der Waals surface area contributed by atoms with Crippen LogP contribution in [-0.4, -0.2) is 9.78 Å². The minimum atomic E-state index is 0.523. The highest BCUT2D eigenvalue weighted by Crippen LogP contribution is 2.35. The van der Waals surface area contributed by atoms with Crippen LogP contribution >= 0.6 is 0 Å². The van der Waals surface area contributed by atoms with Crippen molar-refractivity contribution in [2.75, 3.05) is 0 Å². The molecule has 3 rings (SSSR count). The highest BCUT2D eigenvalue weighted by molar-refractivity contribution is 5.38. The fourth-order valence-corrected chi connectivity index (χ4v) is 2.43. The lowest BCUT2D eigenvalue weighted by Gasteiger charge is -2.26. The van der Waals surface area contributed by atoms with Crippen LogP contribution in [0.5, 0.6) is 0 Å². The molecule has 1 aromatic heterocycles. The minimum Gasteiger partial charge on any atom is -0.251 e. The fraction of sp³-hybridized carbons (Fsp3) is 0.636. The molecular weight excluding hydrogens is 174 g/mol. The van der Waals surface area contributed by atoms with Crippen molar-refractivity contribution >= 4 is 0 Å². The van der Waals surface area contributed by atoms with Crippen LogP contribution in [0, 0.1) is 11.3 Å². The van der Waals surface area contributed by atoms with Crippen molar-refractivity contribution in [3.63, 3.8) is 0 Å². The van der Waals surface area contributed by atoms with Gasteiger partial charge in [-0.3, -0.25) is 4.68 Å². The lowest BCUT2D eigenvalue weighted by molar-refractivity contribution is 0.285. The van der Waals surface area contributed by atoms with E-state index in [0.717, 1.165) is 18.5 Å². The van der Waals surface area contributed by atoms with E-state index in [-0.39, 0.29) is 0 Å². The zero-order valence-electron chi connectivity index (χ0n) is 8.16. The van der Waals surface area contributed by atoms with Crippen LogP contribution in [-0.2, 0) is 12.8 Å². The van der Waals surface area contributed by atoms with Gasteiger partial charge in [0.05, 0.1) is 11.7 Å². The molecule has 1 aromatic rings. The van der Waals surface area contributed by atoms with Crippen LogP contribution in [0.1, 0.15) is 48.7 Å². The highest BCUT2D eigenvalue weighted by atomic mass is 15.3. The summed E-state index contributed by atoms with van der Waals surface area (Å²) in [6.45, 7) is 0. The first-order valence-electron chi connectivity index (χ1n) is 5.40. The van der Waals surface area contributed by atoms with Gasteiger partial charge in [0.15, 0.2) is 0 Å². The molecule has 0 aromatic carbocycles. The third kappa shape index (κ3) is 0.942. The van der Waals surface area contributed by atoms with Crippen molar-refractivity contribution in [2.24, 2.45) is 0 Å². The molecule has 1 saturated carbocycles. The summed E-state index contributed by atoms with van der Waals surface area (Å²) in [6.07, 6.45) is 7.01. The van der Waals surface area contributed by atoms with Gasteiger partial charge in [0.1, 0.15) is 11.8 Å². The van der Waals surface area contributed by atoms with Crippen molar-refractivity contribution in [3.8, 4) is 6.07 Å². The molecule has 72 valence electrons. The standard InChI is InChI=1S/C11H13N3/c12-7-11-9-5-2-6-10(9)13-14(11)8-3-1-4-8/h8H,1-6H2. The van der Waals surface area contributed by atoms with Gasteiger partial charge in [0, 0.05) is 5.56 Å². The lowest BCUT2D eigenvalue weighted by Crippen LogP contribution is -2.20. The molecule has 0 radical (unpaired) electrons. The monoisotopic (exact) mass is 187 g/mol. The van der Waals surface area contributed by atoms with Crippen molar-refractivity contribution in [3.05, 3.63) is 17.0 Å². The summed E-state index contributed by atoms with van der Waals surface area (Å²) in [5.74, 6) is 0. The molecule has 14 heavy (non-hydrogen) atoms.